The van der Waals surface area contributed by atoms with Crippen LogP contribution in [-0.4, -0.2) is 27.9 Å². The highest BCUT2D eigenvalue weighted by Gasteiger charge is 2.17. The van der Waals surface area contributed by atoms with E-state index in [4.69, 9.17) is 10.8 Å². The van der Waals surface area contributed by atoms with Crippen molar-refractivity contribution in [1.82, 2.24) is 5.32 Å². The van der Waals surface area contributed by atoms with Gasteiger partial charge in [-0.05, 0) is 12.0 Å². The molecule has 1 aromatic carbocycles. The first kappa shape index (κ1) is 15.6. The predicted molar refractivity (Wildman–Crippen MR) is 69.8 cm³/mol. The summed E-state index contributed by atoms with van der Waals surface area (Å²) in [6.07, 6.45) is 0.0263. The Morgan fingerprint density at radius 3 is 2.70 bits per heavy atom. The number of nitrogens with two attached hydrogens (primary N) is 1. The van der Waals surface area contributed by atoms with Crippen LogP contribution in [0.25, 0.3) is 0 Å². The highest BCUT2D eigenvalue weighted by atomic mass is 16.6. The summed E-state index contributed by atoms with van der Waals surface area (Å²) in [5.41, 5.74) is 5.49. The molecule has 0 aliphatic heterocycles. The van der Waals surface area contributed by atoms with Crippen LogP contribution in [0.4, 0.5) is 5.69 Å². The Labute approximate surface area is 114 Å². The molecular formula is C12H15N3O5. The normalized spacial score (nSPS) is 11.8. The number of carbonyl (C=O) groups excluding carboxylic acids is 1. The number of nitrogens with one attached hydrogen (secondary N) is 1. The average molecular weight is 281 g/mol. The number of nitro benzene ring substituents is 1. The summed E-state index contributed by atoms with van der Waals surface area (Å²) < 4.78 is 0. The lowest BCUT2D eigenvalue weighted by molar-refractivity contribution is -0.384. The van der Waals surface area contributed by atoms with Crippen LogP contribution in [0.15, 0.2) is 24.3 Å². The highest BCUT2D eigenvalue weighted by Crippen LogP contribution is 2.13. The number of benzene rings is 1. The third-order valence-electron chi connectivity index (χ3n) is 2.65. The molecule has 0 bridgehead atoms. The van der Waals surface area contributed by atoms with Crippen LogP contribution in [0.3, 0.4) is 0 Å². The zero-order valence-electron chi connectivity index (χ0n) is 10.6. The number of rotatable bonds is 8. The summed E-state index contributed by atoms with van der Waals surface area (Å²) in [4.78, 5) is 31.7. The smallest absolute Gasteiger partial charge is 0.320 e. The molecule has 20 heavy (non-hydrogen) atoms. The van der Waals surface area contributed by atoms with Crippen LogP contribution >= 0.6 is 0 Å². The molecule has 1 rings (SSSR count). The van der Waals surface area contributed by atoms with Crippen LogP contribution in [0.5, 0.6) is 0 Å². The first-order valence-electron chi connectivity index (χ1n) is 5.88. The molecule has 8 nitrogen and oxygen atoms in total. The quantitative estimate of drug-likeness (QED) is 0.466. The van der Waals surface area contributed by atoms with Gasteiger partial charge in [-0.15, -0.1) is 0 Å². The van der Waals surface area contributed by atoms with Crippen molar-refractivity contribution in [3.8, 4) is 0 Å². The van der Waals surface area contributed by atoms with Gasteiger partial charge in [0.25, 0.3) is 5.69 Å². The van der Waals surface area contributed by atoms with Crippen molar-refractivity contribution in [2.24, 2.45) is 5.73 Å². The number of hydrogen-bond donors (Lipinski definition) is 3. The zero-order valence-corrected chi connectivity index (χ0v) is 10.6. The number of amides is 1. The van der Waals surface area contributed by atoms with E-state index in [1.54, 1.807) is 6.07 Å². The Kier molecular flexibility index (Phi) is 5.60. The molecule has 8 heteroatoms. The predicted octanol–water partition coefficient (Wildman–Crippen LogP) is 0.403. The van der Waals surface area contributed by atoms with Crippen molar-refractivity contribution in [2.75, 3.05) is 0 Å². The van der Waals surface area contributed by atoms with Gasteiger partial charge in [-0.3, -0.25) is 19.7 Å². The molecule has 108 valence electrons. The Hall–Kier alpha value is -2.48. The van der Waals surface area contributed by atoms with Gasteiger partial charge in [0, 0.05) is 25.1 Å². The lowest BCUT2D eigenvalue weighted by Crippen LogP contribution is -2.37. The van der Waals surface area contributed by atoms with E-state index in [2.05, 4.69) is 5.32 Å². The Morgan fingerprint density at radius 1 is 1.45 bits per heavy atom. The summed E-state index contributed by atoms with van der Waals surface area (Å²) >= 11 is 0. The Bertz CT molecular complexity index is 518. The molecule has 0 unspecified atom stereocenters. The van der Waals surface area contributed by atoms with Crippen LogP contribution < -0.4 is 11.1 Å². The molecule has 0 fully saturated rings. The van der Waals surface area contributed by atoms with Gasteiger partial charge < -0.3 is 16.2 Å². The van der Waals surface area contributed by atoms with Crippen LogP contribution in [0.1, 0.15) is 18.4 Å². The van der Waals surface area contributed by atoms with Crippen LogP contribution in [0, 0.1) is 10.1 Å². The molecule has 1 aromatic rings. The van der Waals surface area contributed by atoms with E-state index < -0.39 is 22.8 Å². The fourth-order valence-corrected chi connectivity index (χ4v) is 1.62. The molecule has 0 saturated carbocycles. The van der Waals surface area contributed by atoms with Crippen LogP contribution in [-0.2, 0) is 16.1 Å². The summed E-state index contributed by atoms with van der Waals surface area (Å²) in [5.74, 6) is -1.68. The van der Waals surface area contributed by atoms with Gasteiger partial charge in [-0.25, -0.2) is 0 Å². The molecule has 0 heterocycles. The van der Waals surface area contributed by atoms with Gasteiger partial charge in [0.15, 0.2) is 0 Å². The molecule has 0 spiro atoms. The number of aliphatic carboxylic acids is 1. The van der Waals surface area contributed by atoms with Crippen molar-refractivity contribution < 1.29 is 19.6 Å². The second kappa shape index (κ2) is 7.19. The highest BCUT2D eigenvalue weighted by molar-refractivity contribution is 5.77. The molecule has 0 aliphatic rings. The maximum absolute atomic E-state index is 11.0. The number of carboxylic acid groups (broad SMARTS) is 1. The first-order chi connectivity index (χ1) is 9.40. The third kappa shape index (κ3) is 5.02. The van der Waals surface area contributed by atoms with Crippen molar-refractivity contribution in [1.29, 1.82) is 0 Å². The minimum Gasteiger partial charge on any atom is -0.480 e. The standard InChI is InChI=1S/C12H15N3O5/c13-11(16)5-4-10(12(17)18)14-7-8-2-1-3-9(6-8)15(19)20/h1-3,6,10,14H,4-5,7H2,(H2,13,16)(H,17,18)/t10-/m0/s1. The molecular weight excluding hydrogens is 266 g/mol. The van der Waals surface area contributed by atoms with Gasteiger partial charge in [-0.1, -0.05) is 12.1 Å². The van der Waals surface area contributed by atoms with E-state index in [-0.39, 0.29) is 25.1 Å². The lowest BCUT2D eigenvalue weighted by atomic mass is 10.1. The largest absolute Gasteiger partial charge is 0.480 e. The average Bonchev–Trinajstić information content (AvgIpc) is 2.38. The number of hydrogen-bond acceptors (Lipinski definition) is 5. The monoisotopic (exact) mass is 281 g/mol. The maximum atomic E-state index is 11.0. The van der Waals surface area contributed by atoms with E-state index in [0.29, 0.717) is 5.56 Å². The van der Waals surface area contributed by atoms with Crippen molar-refractivity contribution >= 4 is 17.6 Å². The van der Waals surface area contributed by atoms with Crippen molar-refractivity contribution in [3.63, 3.8) is 0 Å². The second-order valence-corrected chi connectivity index (χ2v) is 4.20. The summed E-state index contributed by atoms with van der Waals surface area (Å²) in [5, 5.41) is 22.3. The minimum absolute atomic E-state index is 0.0428. The van der Waals surface area contributed by atoms with Gasteiger partial charge in [-0.2, -0.15) is 0 Å². The summed E-state index contributed by atoms with van der Waals surface area (Å²) in [6, 6.07) is 4.95. The number of carbonyl (C=O) groups is 2. The van der Waals surface area contributed by atoms with Gasteiger partial charge >= 0.3 is 5.97 Å². The second-order valence-electron chi connectivity index (χ2n) is 4.20. The summed E-state index contributed by atoms with van der Waals surface area (Å²) in [6.45, 7) is 0.150. The molecule has 0 aromatic heterocycles. The number of primary amides is 1. The molecule has 0 saturated heterocycles. The number of carboxylic acids is 1. The van der Waals surface area contributed by atoms with E-state index >= 15 is 0 Å². The summed E-state index contributed by atoms with van der Waals surface area (Å²) in [7, 11) is 0. The SMILES string of the molecule is NC(=O)CC[C@H](NCc1cccc([N+](=O)[O-])c1)C(=O)O. The van der Waals surface area contributed by atoms with Gasteiger partial charge in [0.2, 0.25) is 5.91 Å². The van der Waals surface area contributed by atoms with Gasteiger partial charge in [0.1, 0.15) is 6.04 Å². The van der Waals surface area contributed by atoms with E-state index in [1.807, 2.05) is 0 Å². The topological polar surface area (TPSA) is 136 Å². The maximum Gasteiger partial charge on any atom is 0.320 e. The number of nitro groups is 1. The first-order valence-corrected chi connectivity index (χ1v) is 5.88. The fourth-order valence-electron chi connectivity index (χ4n) is 1.62. The van der Waals surface area contributed by atoms with E-state index in [9.17, 15) is 19.7 Å². The molecule has 1 atom stereocenters. The molecule has 1 amide bonds. The number of non-ortho nitro benzene ring substituents is 1. The van der Waals surface area contributed by atoms with Crippen molar-refractivity contribution in [3.05, 3.63) is 39.9 Å². The third-order valence-corrected chi connectivity index (χ3v) is 2.65. The van der Waals surface area contributed by atoms with E-state index in [0.717, 1.165) is 0 Å². The van der Waals surface area contributed by atoms with Crippen molar-refractivity contribution in [2.45, 2.75) is 25.4 Å². The fraction of sp³-hybridized carbons (Fsp3) is 0.333. The molecule has 4 N–H and O–H groups in total. The molecule has 0 radical (unpaired) electrons. The zero-order chi connectivity index (χ0) is 15.1. The van der Waals surface area contributed by atoms with Crippen LogP contribution in [0.2, 0.25) is 0 Å². The van der Waals surface area contributed by atoms with Gasteiger partial charge in [0.05, 0.1) is 4.92 Å². The molecule has 0 aliphatic carbocycles. The number of nitrogens with zero attached hydrogens (tertiary/aromatic N) is 1. The Morgan fingerprint density at radius 2 is 2.15 bits per heavy atom. The Balaban J connectivity index is 2.62. The van der Waals surface area contributed by atoms with E-state index in [1.165, 1.54) is 18.2 Å². The minimum atomic E-state index is -1.10. The lowest BCUT2D eigenvalue weighted by Gasteiger charge is -2.13.